The summed E-state index contributed by atoms with van der Waals surface area (Å²) in [5.74, 6) is 0. The first-order valence-electron chi connectivity index (χ1n) is 8.74. The van der Waals surface area contributed by atoms with E-state index in [0.29, 0.717) is 16.6 Å². The Kier molecular flexibility index (Phi) is 4.81. The molecular formula is C19H20N4O2S. The summed E-state index contributed by atoms with van der Waals surface area (Å²) in [6, 6.07) is 11.5. The number of rotatable bonds is 4. The summed E-state index contributed by atoms with van der Waals surface area (Å²) in [7, 11) is 0. The number of pyridine rings is 1. The molecule has 4 rings (SSSR count). The number of hydrogen-bond acceptors (Lipinski definition) is 6. The van der Waals surface area contributed by atoms with Crippen molar-refractivity contribution in [3.8, 4) is 0 Å². The minimum absolute atomic E-state index is 0.169. The standard InChI is InChI=1S/C19H20N4O2S/c24-23(25)19-16-5-1-8-20-17(16)6-7-18(19)22-10-3-9-21(11-12-22)14-15-4-2-13-26-15/h1-2,4-8,13H,3,9-12,14H2. The monoisotopic (exact) mass is 368 g/mol. The van der Waals surface area contributed by atoms with Gasteiger partial charge in [0.15, 0.2) is 0 Å². The second-order valence-corrected chi connectivity index (χ2v) is 7.49. The van der Waals surface area contributed by atoms with Crippen LogP contribution in [0.4, 0.5) is 11.4 Å². The highest BCUT2D eigenvalue weighted by atomic mass is 32.1. The topological polar surface area (TPSA) is 62.5 Å². The number of aromatic nitrogens is 1. The zero-order valence-corrected chi connectivity index (χ0v) is 15.2. The van der Waals surface area contributed by atoms with Crippen LogP contribution < -0.4 is 4.90 Å². The summed E-state index contributed by atoms with van der Waals surface area (Å²) < 4.78 is 0. The Morgan fingerprint density at radius 2 is 2.04 bits per heavy atom. The first kappa shape index (κ1) is 16.9. The molecule has 0 radical (unpaired) electrons. The highest BCUT2D eigenvalue weighted by molar-refractivity contribution is 7.09. The Morgan fingerprint density at radius 1 is 1.12 bits per heavy atom. The Hall–Kier alpha value is -2.51. The maximum atomic E-state index is 11.8. The van der Waals surface area contributed by atoms with Crippen LogP contribution in [-0.4, -0.2) is 41.0 Å². The minimum Gasteiger partial charge on any atom is -0.365 e. The van der Waals surface area contributed by atoms with Crippen LogP contribution in [0.3, 0.4) is 0 Å². The van der Waals surface area contributed by atoms with Gasteiger partial charge in [0.05, 0.1) is 15.8 Å². The van der Waals surface area contributed by atoms with E-state index in [1.807, 2.05) is 12.1 Å². The fourth-order valence-electron chi connectivity index (χ4n) is 3.57. The van der Waals surface area contributed by atoms with E-state index in [9.17, 15) is 10.1 Å². The van der Waals surface area contributed by atoms with E-state index >= 15 is 0 Å². The van der Waals surface area contributed by atoms with Crippen LogP contribution in [0.2, 0.25) is 0 Å². The molecule has 3 aromatic rings. The number of nitro benzene ring substituents is 1. The summed E-state index contributed by atoms with van der Waals surface area (Å²) >= 11 is 1.78. The van der Waals surface area contributed by atoms with Crippen molar-refractivity contribution in [2.24, 2.45) is 0 Å². The third kappa shape index (κ3) is 3.40. The van der Waals surface area contributed by atoms with Crippen molar-refractivity contribution in [1.82, 2.24) is 9.88 Å². The summed E-state index contributed by atoms with van der Waals surface area (Å²) in [5.41, 5.74) is 1.54. The van der Waals surface area contributed by atoms with Crippen LogP contribution in [0, 0.1) is 10.1 Å². The van der Waals surface area contributed by atoms with Gasteiger partial charge in [-0.05, 0) is 42.1 Å². The largest absolute Gasteiger partial charge is 0.365 e. The predicted molar refractivity (Wildman–Crippen MR) is 105 cm³/mol. The van der Waals surface area contributed by atoms with E-state index in [0.717, 1.165) is 39.1 Å². The Bertz CT molecular complexity index is 913. The number of fused-ring (bicyclic) bond motifs is 1. The van der Waals surface area contributed by atoms with Crippen molar-refractivity contribution < 1.29 is 4.92 Å². The summed E-state index contributed by atoms with van der Waals surface area (Å²) in [6.45, 7) is 4.48. The van der Waals surface area contributed by atoms with E-state index in [-0.39, 0.29) is 10.6 Å². The summed E-state index contributed by atoms with van der Waals surface area (Å²) in [4.78, 5) is 21.7. The van der Waals surface area contributed by atoms with Crippen molar-refractivity contribution in [2.45, 2.75) is 13.0 Å². The Balaban J connectivity index is 1.59. The molecule has 1 aliphatic heterocycles. The van der Waals surface area contributed by atoms with E-state index < -0.39 is 0 Å². The van der Waals surface area contributed by atoms with Gasteiger partial charge in [0.1, 0.15) is 5.69 Å². The molecule has 6 nitrogen and oxygen atoms in total. The lowest BCUT2D eigenvalue weighted by atomic mass is 10.1. The molecule has 3 heterocycles. The van der Waals surface area contributed by atoms with Crippen LogP contribution in [0.1, 0.15) is 11.3 Å². The van der Waals surface area contributed by atoms with Gasteiger partial charge in [-0.1, -0.05) is 6.07 Å². The van der Waals surface area contributed by atoms with Crippen LogP contribution in [0.25, 0.3) is 10.9 Å². The molecule has 0 aliphatic carbocycles. The van der Waals surface area contributed by atoms with Gasteiger partial charge < -0.3 is 4.90 Å². The molecule has 1 saturated heterocycles. The smallest absolute Gasteiger partial charge is 0.301 e. The maximum absolute atomic E-state index is 11.8. The molecule has 1 fully saturated rings. The van der Waals surface area contributed by atoms with Crippen LogP contribution in [0.15, 0.2) is 48.0 Å². The summed E-state index contributed by atoms with van der Waals surface area (Å²) in [5, 5.41) is 14.5. The molecule has 0 unspecified atom stereocenters. The van der Waals surface area contributed by atoms with E-state index in [1.54, 1.807) is 29.7 Å². The number of thiophene rings is 1. The molecule has 0 N–H and O–H groups in total. The fourth-order valence-corrected chi connectivity index (χ4v) is 4.31. The number of nitrogens with zero attached hydrogens (tertiary/aromatic N) is 4. The van der Waals surface area contributed by atoms with Crippen LogP contribution in [0.5, 0.6) is 0 Å². The predicted octanol–water partition coefficient (Wildman–Crippen LogP) is 3.92. The Morgan fingerprint density at radius 3 is 2.85 bits per heavy atom. The van der Waals surface area contributed by atoms with Gasteiger partial charge in [0.2, 0.25) is 0 Å². The number of hydrogen-bond donors (Lipinski definition) is 0. The molecule has 0 bridgehead atoms. The lowest BCUT2D eigenvalue weighted by Crippen LogP contribution is -2.30. The lowest BCUT2D eigenvalue weighted by Gasteiger charge is -2.23. The van der Waals surface area contributed by atoms with Crippen molar-refractivity contribution in [1.29, 1.82) is 0 Å². The molecule has 0 spiro atoms. The Labute approximate surface area is 155 Å². The van der Waals surface area contributed by atoms with Crippen LogP contribution in [-0.2, 0) is 6.54 Å². The van der Waals surface area contributed by atoms with Gasteiger partial charge in [0, 0.05) is 43.8 Å². The molecule has 7 heteroatoms. The quantitative estimate of drug-likeness (QED) is 0.516. The van der Waals surface area contributed by atoms with Gasteiger partial charge in [-0.3, -0.25) is 20.0 Å². The highest BCUT2D eigenvalue weighted by Gasteiger charge is 2.25. The third-order valence-electron chi connectivity index (χ3n) is 4.81. The molecule has 2 aromatic heterocycles. The van der Waals surface area contributed by atoms with Gasteiger partial charge in [-0.2, -0.15) is 0 Å². The van der Waals surface area contributed by atoms with Gasteiger partial charge in [-0.25, -0.2) is 0 Å². The summed E-state index contributed by atoms with van der Waals surface area (Å²) in [6.07, 6.45) is 2.66. The lowest BCUT2D eigenvalue weighted by molar-refractivity contribution is -0.382. The SMILES string of the molecule is O=[N+]([O-])c1c(N2CCCN(Cc3cccs3)CC2)ccc2ncccc12. The van der Waals surface area contributed by atoms with Crippen molar-refractivity contribution in [2.75, 3.05) is 31.1 Å². The van der Waals surface area contributed by atoms with Gasteiger partial charge in [0.25, 0.3) is 0 Å². The second kappa shape index (κ2) is 7.39. The normalized spacial score (nSPS) is 15.9. The number of nitro groups is 1. The first-order valence-corrected chi connectivity index (χ1v) is 9.62. The zero-order chi connectivity index (χ0) is 17.9. The highest BCUT2D eigenvalue weighted by Crippen LogP contribution is 2.35. The molecule has 0 atom stereocenters. The van der Waals surface area contributed by atoms with E-state index in [4.69, 9.17) is 0 Å². The van der Waals surface area contributed by atoms with E-state index in [2.05, 4.69) is 32.3 Å². The molecule has 0 amide bonds. The molecule has 26 heavy (non-hydrogen) atoms. The number of anilines is 1. The van der Waals surface area contributed by atoms with Gasteiger partial charge >= 0.3 is 5.69 Å². The molecule has 0 saturated carbocycles. The average Bonchev–Trinajstić information content (AvgIpc) is 3.05. The van der Waals surface area contributed by atoms with Crippen molar-refractivity contribution >= 4 is 33.6 Å². The van der Waals surface area contributed by atoms with Gasteiger partial charge in [-0.15, -0.1) is 11.3 Å². The minimum atomic E-state index is -0.270. The molecule has 1 aliphatic rings. The second-order valence-electron chi connectivity index (χ2n) is 6.46. The van der Waals surface area contributed by atoms with Crippen molar-refractivity contribution in [3.63, 3.8) is 0 Å². The number of benzene rings is 1. The van der Waals surface area contributed by atoms with E-state index in [1.165, 1.54) is 4.88 Å². The third-order valence-corrected chi connectivity index (χ3v) is 5.67. The van der Waals surface area contributed by atoms with Crippen molar-refractivity contribution in [3.05, 3.63) is 63.0 Å². The van der Waals surface area contributed by atoms with Crippen LogP contribution >= 0.6 is 11.3 Å². The molecular weight excluding hydrogens is 348 g/mol. The first-order chi connectivity index (χ1) is 12.7. The molecule has 134 valence electrons. The zero-order valence-electron chi connectivity index (χ0n) is 14.4. The average molecular weight is 368 g/mol. The fraction of sp³-hybridized carbons (Fsp3) is 0.316. The maximum Gasteiger partial charge on any atom is 0.301 e. The molecule has 1 aromatic carbocycles.